The van der Waals surface area contributed by atoms with Crippen LogP contribution in [0.4, 0.5) is 10.1 Å². The number of aromatic hydroxyl groups is 1. The summed E-state index contributed by atoms with van der Waals surface area (Å²) in [7, 11) is 0. The maximum atomic E-state index is 12.8. The van der Waals surface area contributed by atoms with Crippen molar-refractivity contribution in [2.75, 3.05) is 5.32 Å². The molecule has 2 nitrogen and oxygen atoms in total. The Balaban J connectivity index is 1.57. The van der Waals surface area contributed by atoms with Gasteiger partial charge in [-0.1, -0.05) is 18.2 Å². The molecule has 2 aromatic carbocycles. The van der Waals surface area contributed by atoms with E-state index in [0.29, 0.717) is 12.0 Å². The fourth-order valence-electron chi connectivity index (χ4n) is 2.57. The minimum atomic E-state index is -0.183. The van der Waals surface area contributed by atoms with E-state index < -0.39 is 0 Å². The van der Waals surface area contributed by atoms with Gasteiger partial charge in [0.2, 0.25) is 0 Å². The Labute approximate surface area is 111 Å². The Morgan fingerprint density at radius 3 is 2.47 bits per heavy atom. The molecule has 0 spiro atoms. The number of benzene rings is 2. The van der Waals surface area contributed by atoms with E-state index in [0.717, 1.165) is 18.5 Å². The van der Waals surface area contributed by atoms with Gasteiger partial charge in [-0.05, 0) is 48.6 Å². The molecule has 3 heteroatoms. The Morgan fingerprint density at radius 2 is 1.79 bits per heavy atom. The molecular formula is C16H16FNO. The largest absolute Gasteiger partial charge is 0.508 e. The minimum absolute atomic E-state index is 0.183. The lowest BCUT2D eigenvalue weighted by molar-refractivity contribution is 0.373. The number of nitrogens with one attached hydrogen (secondary N) is 1. The van der Waals surface area contributed by atoms with Gasteiger partial charge in [0.1, 0.15) is 11.6 Å². The zero-order valence-corrected chi connectivity index (χ0v) is 10.5. The monoisotopic (exact) mass is 257 g/mol. The topological polar surface area (TPSA) is 32.3 Å². The van der Waals surface area contributed by atoms with Crippen molar-refractivity contribution in [1.29, 1.82) is 0 Å². The standard InChI is InChI=1S/C16H16FNO/c17-13-6-4-11(5-7-13)12-8-15(9-12)18-14-2-1-3-16(19)10-14/h1-7,10,12,15,18-19H,8-9H2. The van der Waals surface area contributed by atoms with Gasteiger partial charge in [0.05, 0.1) is 0 Å². The molecule has 2 aromatic rings. The van der Waals surface area contributed by atoms with E-state index in [4.69, 9.17) is 0 Å². The number of rotatable bonds is 3. The summed E-state index contributed by atoms with van der Waals surface area (Å²) in [5.41, 5.74) is 2.15. The third-order valence-corrected chi connectivity index (χ3v) is 3.70. The first-order valence-corrected chi connectivity index (χ1v) is 6.52. The third kappa shape index (κ3) is 2.70. The van der Waals surface area contributed by atoms with Crippen LogP contribution in [0.15, 0.2) is 48.5 Å². The van der Waals surface area contributed by atoms with Crippen LogP contribution in [0.3, 0.4) is 0 Å². The molecule has 19 heavy (non-hydrogen) atoms. The van der Waals surface area contributed by atoms with Gasteiger partial charge in [-0.25, -0.2) is 4.39 Å². The summed E-state index contributed by atoms with van der Waals surface area (Å²) in [6.45, 7) is 0. The average molecular weight is 257 g/mol. The van der Waals surface area contributed by atoms with Crippen LogP contribution in [0.1, 0.15) is 24.3 Å². The number of anilines is 1. The lowest BCUT2D eigenvalue weighted by Crippen LogP contribution is -2.33. The Kier molecular flexibility index (Phi) is 3.11. The fourth-order valence-corrected chi connectivity index (χ4v) is 2.57. The minimum Gasteiger partial charge on any atom is -0.508 e. The van der Waals surface area contributed by atoms with Gasteiger partial charge in [-0.3, -0.25) is 0 Å². The number of hydrogen-bond donors (Lipinski definition) is 2. The van der Waals surface area contributed by atoms with Crippen molar-refractivity contribution in [1.82, 2.24) is 0 Å². The van der Waals surface area contributed by atoms with Crippen LogP contribution in [0.5, 0.6) is 5.75 Å². The van der Waals surface area contributed by atoms with Crippen molar-refractivity contribution in [2.24, 2.45) is 0 Å². The fraction of sp³-hybridized carbons (Fsp3) is 0.250. The Morgan fingerprint density at radius 1 is 1.05 bits per heavy atom. The third-order valence-electron chi connectivity index (χ3n) is 3.70. The number of halogens is 1. The van der Waals surface area contributed by atoms with Crippen LogP contribution in [-0.2, 0) is 0 Å². The molecule has 0 heterocycles. The SMILES string of the molecule is Oc1cccc(NC2CC(c3ccc(F)cc3)C2)c1. The molecule has 98 valence electrons. The van der Waals surface area contributed by atoms with Crippen LogP contribution < -0.4 is 5.32 Å². The van der Waals surface area contributed by atoms with E-state index in [1.165, 1.54) is 17.7 Å². The highest BCUT2D eigenvalue weighted by Gasteiger charge is 2.30. The molecule has 1 aliphatic carbocycles. The van der Waals surface area contributed by atoms with Crippen molar-refractivity contribution in [2.45, 2.75) is 24.8 Å². The highest BCUT2D eigenvalue weighted by Crippen LogP contribution is 2.38. The molecule has 0 aliphatic heterocycles. The zero-order chi connectivity index (χ0) is 13.2. The molecule has 1 aliphatic rings. The smallest absolute Gasteiger partial charge is 0.123 e. The van der Waals surface area contributed by atoms with Crippen molar-refractivity contribution in [3.8, 4) is 5.75 Å². The Hall–Kier alpha value is -2.03. The molecule has 0 radical (unpaired) electrons. The molecule has 0 amide bonds. The second-order valence-electron chi connectivity index (χ2n) is 5.11. The predicted octanol–water partition coefficient (Wildman–Crippen LogP) is 3.89. The van der Waals surface area contributed by atoms with E-state index in [1.54, 1.807) is 12.1 Å². The number of phenolic OH excluding ortho intramolecular Hbond substituents is 1. The van der Waals surface area contributed by atoms with Crippen LogP contribution in [0, 0.1) is 5.82 Å². The van der Waals surface area contributed by atoms with Gasteiger partial charge in [-0.15, -0.1) is 0 Å². The summed E-state index contributed by atoms with van der Waals surface area (Å²) in [5.74, 6) is 0.604. The van der Waals surface area contributed by atoms with Crippen molar-refractivity contribution < 1.29 is 9.50 Å². The molecule has 0 saturated heterocycles. The quantitative estimate of drug-likeness (QED) is 0.874. The lowest BCUT2D eigenvalue weighted by Gasteiger charge is -2.37. The number of phenols is 1. The van der Waals surface area contributed by atoms with Gasteiger partial charge < -0.3 is 10.4 Å². The van der Waals surface area contributed by atoms with Crippen molar-refractivity contribution in [3.05, 3.63) is 59.9 Å². The van der Waals surface area contributed by atoms with Crippen LogP contribution in [0.2, 0.25) is 0 Å². The van der Waals surface area contributed by atoms with Gasteiger partial charge >= 0.3 is 0 Å². The van der Waals surface area contributed by atoms with Crippen molar-refractivity contribution >= 4 is 5.69 Å². The van der Waals surface area contributed by atoms with Crippen LogP contribution in [0.25, 0.3) is 0 Å². The summed E-state index contributed by atoms with van der Waals surface area (Å²) in [6, 6.07) is 14.4. The highest BCUT2D eigenvalue weighted by molar-refractivity contribution is 5.49. The van der Waals surface area contributed by atoms with E-state index in [-0.39, 0.29) is 11.6 Å². The average Bonchev–Trinajstić information content (AvgIpc) is 2.35. The zero-order valence-electron chi connectivity index (χ0n) is 10.5. The lowest BCUT2D eigenvalue weighted by atomic mass is 9.76. The second-order valence-corrected chi connectivity index (χ2v) is 5.11. The van der Waals surface area contributed by atoms with Gasteiger partial charge in [-0.2, -0.15) is 0 Å². The number of hydrogen-bond acceptors (Lipinski definition) is 2. The van der Waals surface area contributed by atoms with Crippen LogP contribution >= 0.6 is 0 Å². The summed E-state index contributed by atoms with van der Waals surface area (Å²) < 4.78 is 12.8. The maximum absolute atomic E-state index is 12.8. The van der Waals surface area contributed by atoms with E-state index in [1.807, 2.05) is 24.3 Å². The van der Waals surface area contributed by atoms with Gasteiger partial charge in [0, 0.05) is 17.8 Å². The molecule has 0 atom stereocenters. The summed E-state index contributed by atoms with van der Waals surface area (Å²) in [6.07, 6.45) is 2.09. The summed E-state index contributed by atoms with van der Waals surface area (Å²) >= 11 is 0. The molecule has 0 bridgehead atoms. The molecule has 1 fully saturated rings. The molecule has 2 N–H and O–H groups in total. The molecule has 1 saturated carbocycles. The predicted molar refractivity (Wildman–Crippen MR) is 73.9 cm³/mol. The van der Waals surface area contributed by atoms with Gasteiger partial charge in [0.15, 0.2) is 0 Å². The van der Waals surface area contributed by atoms with Crippen molar-refractivity contribution in [3.63, 3.8) is 0 Å². The maximum Gasteiger partial charge on any atom is 0.123 e. The first kappa shape index (κ1) is 12.0. The molecular weight excluding hydrogens is 241 g/mol. The molecule has 0 aromatic heterocycles. The second kappa shape index (κ2) is 4.92. The van der Waals surface area contributed by atoms with E-state index in [9.17, 15) is 9.50 Å². The van der Waals surface area contributed by atoms with Crippen LogP contribution in [-0.4, -0.2) is 11.1 Å². The highest BCUT2D eigenvalue weighted by atomic mass is 19.1. The molecule has 3 rings (SSSR count). The first-order valence-electron chi connectivity index (χ1n) is 6.52. The summed E-state index contributed by atoms with van der Waals surface area (Å²) in [4.78, 5) is 0. The summed E-state index contributed by atoms with van der Waals surface area (Å²) in [5, 5.41) is 12.8. The molecule has 0 unspecified atom stereocenters. The van der Waals surface area contributed by atoms with E-state index >= 15 is 0 Å². The normalized spacial score (nSPS) is 21.7. The Bertz CT molecular complexity index is 561. The first-order chi connectivity index (χ1) is 9.20. The van der Waals surface area contributed by atoms with Gasteiger partial charge in [0.25, 0.3) is 0 Å². The van der Waals surface area contributed by atoms with E-state index in [2.05, 4.69) is 5.32 Å².